The summed E-state index contributed by atoms with van der Waals surface area (Å²) in [6, 6.07) is 0. The SMILES string of the molecule is Nc1nnc(N2CCCC(C(=O)O)C2)s1. The maximum Gasteiger partial charge on any atom is 0.308 e. The summed E-state index contributed by atoms with van der Waals surface area (Å²) in [5.74, 6) is -1.04. The summed E-state index contributed by atoms with van der Waals surface area (Å²) in [6.45, 7) is 1.34. The van der Waals surface area contributed by atoms with Gasteiger partial charge in [0, 0.05) is 13.1 Å². The Morgan fingerprint density at radius 2 is 2.40 bits per heavy atom. The normalized spacial score (nSPS) is 21.6. The standard InChI is InChI=1S/C8H12N4O2S/c9-7-10-11-8(15-7)12-3-1-2-5(4-12)6(13)14/h5H,1-4H2,(H2,9,10)(H,13,14). The monoisotopic (exact) mass is 228 g/mol. The highest BCUT2D eigenvalue weighted by molar-refractivity contribution is 7.18. The predicted molar refractivity (Wildman–Crippen MR) is 56.9 cm³/mol. The number of carbonyl (C=O) groups is 1. The molecule has 1 aromatic rings. The molecule has 15 heavy (non-hydrogen) atoms. The summed E-state index contributed by atoms with van der Waals surface area (Å²) < 4.78 is 0. The Balaban J connectivity index is 2.07. The van der Waals surface area contributed by atoms with Crippen LogP contribution in [0, 0.1) is 5.92 Å². The number of aromatic nitrogens is 2. The Kier molecular flexibility index (Phi) is 2.72. The number of nitrogens with two attached hydrogens (primary N) is 1. The molecule has 1 unspecified atom stereocenters. The van der Waals surface area contributed by atoms with E-state index >= 15 is 0 Å². The molecule has 0 aromatic carbocycles. The lowest BCUT2D eigenvalue weighted by molar-refractivity contribution is -0.141. The molecule has 0 saturated carbocycles. The maximum absolute atomic E-state index is 10.9. The topological polar surface area (TPSA) is 92.3 Å². The Morgan fingerprint density at radius 1 is 1.60 bits per heavy atom. The van der Waals surface area contributed by atoms with E-state index in [2.05, 4.69) is 10.2 Å². The van der Waals surface area contributed by atoms with Crippen molar-refractivity contribution in [1.82, 2.24) is 10.2 Å². The van der Waals surface area contributed by atoms with Crippen LogP contribution >= 0.6 is 11.3 Å². The fourth-order valence-corrected chi connectivity index (χ4v) is 2.35. The molecule has 2 rings (SSSR count). The van der Waals surface area contributed by atoms with Crippen molar-refractivity contribution in [3.8, 4) is 0 Å². The van der Waals surface area contributed by atoms with Gasteiger partial charge in [-0.25, -0.2) is 0 Å². The third-order valence-corrected chi connectivity index (χ3v) is 3.28. The molecule has 0 spiro atoms. The van der Waals surface area contributed by atoms with Gasteiger partial charge in [0.2, 0.25) is 10.3 Å². The van der Waals surface area contributed by atoms with E-state index in [1.807, 2.05) is 4.90 Å². The molecule has 1 aromatic heterocycles. The number of nitrogen functional groups attached to an aromatic ring is 1. The molecule has 7 heteroatoms. The molecular weight excluding hydrogens is 216 g/mol. The second-order valence-electron chi connectivity index (χ2n) is 3.55. The summed E-state index contributed by atoms with van der Waals surface area (Å²) in [5, 5.41) is 17.7. The summed E-state index contributed by atoms with van der Waals surface area (Å²) >= 11 is 1.30. The van der Waals surface area contributed by atoms with Crippen molar-refractivity contribution in [2.24, 2.45) is 5.92 Å². The van der Waals surface area contributed by atoms with Crippen LogP contribution in [0.15, 0.2) is 0 Å². The number of carboxylic acid groups (broad SMARTS) is 1. The number of nitrogens with zero attached hydrogens (tertiary/aromatic N) is 3. The van der Waals surface area contributed by atoms with Crippen LogP contribution in [0.1, 0.15) is 12.8 Å². The van der Waals surface area contributed by atoms with E-state index in [9.17, 15) is 4.79 Å². The zero-order valence-corrected chi connectivity index (χ0v) is 8.90. The minimum absolute atomic E-state index is 0.302. The van der Waals surface area contributed by atoms with Gasteiger partial charge in [0.25, 0.3) is 0 Å². The van der Waals surface area contributed by atoms with Crippen LogP contribution in [-0.2, 0) is 4.79 Å². The van der Waals surface area contributed by atoms with Gasteiger partial charge in [-0.05, 0) is 12.8 Å². The average Bonchev–Trinajstić information content (AvgIpc) is 2.65. The van der Waals surface area contributed by atoms with Crippen LogP contribution < -0.4 is 10.6 Å². The molecule has 0 bridgehead atoms. The fraction of sp³-hybridized carbons (Fsp3) is 0.625. The van der Waals surface area contributed by atoms with Gasteiger partial charge in [0.1, 0.15) is 0 Å². The largest absolute Gasteiger partial charge is 0.481 e. The molecular formula is C8H12N4O2S. The zero-order valence-electron chi connectivity index (χ0n) is 8.09. The predicted octanol–water partition coefficient (Wildman–Crippen LogP) is 0.421. The molecule has 1 aliphatic heterocycles. The number of piperidine rings is 1. The lowest BCUT2D eigenvalue weighted by Crippen LogP contribution is -2.38. The number of aliphatic carboxylic acids is 1. The molecule has 3 N–H and O–H groups in total. The molecule has 0 aliphatic carbocycles. The van der Waals surface area contributed by atoms with Crippen LogP contribution in [0.5, 0.6) is 0 Å². The van der Waals surface area contributed by atoms with Gasteiger partial charge in [-0.1, -0.05) is 11.3 Å². The quantitative estimate of drug-likeness (QED) is 0.762. The van der Waals surface area contributed by atoms with E-state index < -0.39 is 5.97 Å². The number of hydrogen-bond acceptors (Lipinski definition) is 6. The van der Waals surface area contributed by atoms with Gasteiger partial charge in [-0.2, -0.15) is 0 Å². The van der Waals surface area contributed by atoms with E-state index in [4.69, 9.17) is 10.8 Å². The van der Waals surface area contributed by atoms with Crippen molar-refractivity contribution in [3.63, 3.8) is 0 Å². The van der Waals surface area contributed by atoms with Crippen LogP contribution in [0.25, 0.3) is 0 Å². The van der Waals surface area contributed by atoms with Gasteiger partial charge < -0.3 is 15.7 Å². The minimum Gasteiger partial charge on any atom is -0.481 e. The third-order valence-electron chi connectivity index (χ3n) is 2.47. The summed E-state index contributed by atoms with van der Waals surface area (Å²) in [6.07, 6.45) is 1.61. The van der Waals surface area contributed by atoms with Gasteiger partial charge in [0.05, 0.1) is 5.92 Å². The van der Waals surface area contributed by atoms with E-state index in [1.165, 1.54) is 11.3 Å². The van der Waals surface area contributed by atoms with Crippen LogP contribution in [0.4, 0.5) is 10.3 Å². The van der Waals surface area contributed by atoms with Crippen molar-refractivity contribution in [2.45, 2.75) is 12.8 Å². The maximum atomic E-state index is 10.9. The Morgan fingerprint density at radius 3 is 3.00 bits per heavy atom. The first-order chi connectivity index (χ1) is 7.16. The third kappa shape index (κ3) is 2.17. The van der Waals surface area contributed by atoms with Crippen molar-refractivity contribution < 1.29 is 9.90 Å². The van der Waals surface area contributed by atoms with Gasteiger partial charge in [0.15, 0.2) is 0 Å². The Hall–Kier alpha value is -1.37. The minimum atomic E-state index is -0.739. The molecule has 1 atom stereocenters. The molecule has 1 saturated heterocycles. The first kappa shape index (κ1) is 10.2. The highest BCUT2D eigenvalue weighted by Gasteiger charge is 2.26. The van der Waals surface area contributed by atoms with Gasteiger partial charge in [-0.3, -0.25) is 4.79 Å². The van der Waals surface area contributed by atoms with Crippen LogP contribution in [0.3, 0.4) is 0 Å². The van der Waals surface area contributed by atoms with Crippen molar-refractivity contribution in [1.29, 1.82) is 0 Å². The number of rotatable bonds is 2. The Labute approximate surface area is 90.7 Å². The smallest absolute Gasteiger partial charge is 0.308 e. The average molecular weight is 228 g/mol. The van der Waals surface area contributed by atoms with E-state index in [0.29, 0.717) is 11.7 Å². The molecule has 82 valence electrons. The lowest BCUT2D eigenvalue weighted by Gasteiger charge is -2.29. The van der Waals surface area contributed by atoms with E-state index in [0.717, 1.165) is 24.5 Å². The fourth-order valence-electron chi connectivity index (χ4n) is 1.71. The van der Waals surface area contributed by atoms with Crippen molar-refractivity contribution in [3.05, 3.63) is 0 Å². The van der Waals surface area contributed by atoms with Crippen LogP contribution in [-0.4, -0.2) is 34.4 Å². The first-order valence-electron chi connectivity index (χ1n) is 4.73. The molecule has 1 fully saturated rings. The summed E-state index contributed by atoms with van der Waals surface area (Å²) in [7, 11) is 0. The van der Waals surface area contributed by atoms with Gasteiger partial charge in [-0.15, -0.1) is 10.2 Å². The number of hydrogen-bond donors (Lipinski definition) is 2. The Bertz CT molecular complexity index is 367. The number of carboxylic acids is 1. The molecule has 2 heterocycles. The summed E-state index contributed by atoms with van der Waals surface area (Å²) in [4.78, 5) is 12.8. The zero-order chi connectivity index (χ0) is 10.8. The second kappa shape index (κ2) is 4.01. The van der Waals surface area contributed by atoms with E-state index in [1.54, 1.807) is 0 Å². The molecule has 1 aliphatic rings. The van der Waals surface area contributed by atoms with E-state index in [-0.39, 0.29) is 5.92 Å². The molecule has 0 radical (unpaired) electrons. The molecule has 6 nitrogen and oxygen atoms in total. The summed E-state index contributed by atoms with van der Waals surface area (Å²) in [5.41, 5.74) is 5.48. The number of anilines is 2. The van der Waals surface area contributed by atoms with Gasteiger partial charge >= 0.3 is 5.97 Å². The van der Waals surface area contributed by atoms with Crippen molar-refractivity contribution in [2.75, 3.05) is 23.7 Å². The highest BCUT2D eigenvalue weighted by Crippen LogP contribution is 2.26. The van der Waals surface area contributed by atoms with Crippen molar-refractivity contribution >= 4 is 27.6 Å². The molecule has 0 amide bonds. The van der Waals surface area contributed by atoms with Crippen LogP contribution in [0.2, 0.25) is 0 Å². The highest BCUT2D eigenvalue weighted by atomic mass is 32.1. The first-order valence-corrected chi connectivity index (χ1v) is 5.55. The second-order valence-corrected chi connectivity index (χ2v) is 4.53. The lowest BCUT2D eigenvalue weighted by atomic mass is 9.99.